The number of hydrogen-bond acceptors (Lipinski definition) is 4. The molecule has 1 aliphatic rings. The van der Waals surface area contributed by atoms with E-state index in [1.54, 1.807) is 11.0 Å². The van der Waals surface area contributed by atoms with Gasteiger partial charge in [-0.25, -0.2) is 4.98 Å². The van der Waals surface area contributed by atoms with Gasteiger partial charge in [0.25, 0.3) is 5.91 Å². The largest absolute Gasteiger partial charge is 0.347 e. The van der Waals surface area contributed by atoms with Crippen molar-refractivity contribution in [3.63, 3.8) is 0 Å². The van der Waals surface area contributed by atoms with Crippen LogP contribution in [0.15, 0.2) is 41.8 Å². The van der Waals surface area contributed by atoms with Gasteiger partial charge in [-0.1, -0.05) is 18.2 Å². The Hall–Kier alpha value is -2.67. The number of benzene rings is 1. The van der Waals surface area contributed by atoms with E-state index in [1.807, 2.05) is 35.7 Å². The summed E-state index contributed by atoms with van der Waals surface area (Å²) in [5.41, 5.74) is 1.82. The van der Waals surface area contributed by atoms with Crippen molar-refractivity contribution in [2.45, 2.75) is 25.4 Å². The Balaban J connectivity index is 1.42. The minimum absolute atomic E-state index is 0.0589. The maximum absolute atomic E-state index is 12.6. The van der Waals surface area contributed by atoms with Gasteiger partial charge in [-0.3, -0.25) is 9.59 Å². The zero-order valence-electron chi connectivity index (χ0n) is 13.6. The molecule has 2 aromatic heterocycles. The number of likely N-dealkylation sites (tertiary alicyclic amines) is 1. The number of nitrogens with zero attached hydrogens (tertiary/aromatic N) is 2. The predicted octanol–water partition coefficient (Wildman–Crippen LogP) is 2.55. The van der Waals surface area contributed by atoms with Gasteiger partial charge in [0.1, 0.15) is 11.9 Å². The van der Waals surface area contributed by atoms with Crippen molar-refractivity contribution in [2.24, 2.45) is 0 Å². The van der Waals surface area contributed by atoms with Gasteiger partial charge in [0.05, 0.1) is 22.5 Å². The van der Waals surface area contributed by atoms with Crippen molar-refractivity contribution in [2.75, 3.05) is 6.54 Å². The number of hydrogen-bond donors (Lipinski definition) is 2. The van der Waals surface area contributed by atoms with Crippen LogP contribution in [0.1, 0.15) is 28.3 Å². The van der Waals surface area contributed by atoms with Crippen LogP contribution in [0.25, 0.3) is 11.0 Å². The van der Waals surface area contributed by atoms with Gasteiger partial charge in [0, 0.05) is 6.54 Å². The Bertz CT molecular complexity index is 870. The molecule has 1 aromatic carbocycles. The molecule has 6 nitrogen and oxygen atoms in total. The maximum atomic E-state index is 12.6. The zero-order valence-corrected chi connectivity index (χ0v) is 14.4. The van der Waals surface area contributed by atoms with Crippen LogP contribution >= 0.6 is 11.3 Å². The highest BCUT2D eigenvalue weighted by molar-refractivity contribution is 7.12. The number of imidazole rings is 1. The Morgan fingerprint density at radius 3 is 2.96 bits per heavy atom. The highest BCUT2D eigenvalue weighted by atomic mass is 32.1. The number of rotatable bonds is 4. The van der Waals surface area contributed by atoms with E-state index < -0.39 is 6.04 Å². The Morgan fingerprint density at radius 2 is 2.16 bits per heavy atom. The lowest BCUT2D eigenvalue weighted by atomic mass is 10.2. The molecule has 128 valence electrons. The molecule has 0 radical (unpaired) electrons. The predicted molar refractivity (Wildman–Crippen MR) is 96.3 cm³/mol. The number of aromatic amines is 1. The molecule has 0 spiro atoms. The smallest absolute Gasteiger partial charge is 0.264 e. The normalized spacial score (nSPS) is 17.1. The number of thiophene rings is 1. The van der Waals surface area contributed by atoms with Crippen LogP contribution in [0, 0.1) is 0 Å². The number of fused-ring (bicyclic) bond motifs is 1. The van der Waals surface area contributed by atoms with Gasteiger partial charge < -0.3 is 15.2 Å². The van der Waals surface area contributed by atoms with Crippen molar-refractivity contribution >= 4 is 34.2 Å². The average molecular weight is 354 g/mol. The van der Waals surface area contributed by atoms with E-state index in [0.717, 1.165) is 17.5 Å². The third kappa shape index (κ3) is 3.15. The second-order valence-electron chi connectivity index (χ2n) is 6.05. The second kappa shape index (κ2) is 6.68. The fourth-order valence-electron chi connectivity index (χ4n) is 3.20. The summed E-state index contributed by atoms with van der Waals surface area (Å²) in [5.74, 6) is 0.530. The van der Waals surface area contributed by atoms with Crippen LogP contribution in [0.3, 0.4) is 0 Å². The van der Waals surface area contributed by atoms with Crippen LogP contribution in [0.4, 0.5) is 0 Å². The van der Waals surface area contributed by atoms with Crippen molar-refractivity contribution < 1.29 is 9.59 Å². The standard InChI is InChI=1S/C18H18N4O2S/c23-17(19-11-16-20-12-5-1-2-6-13(12)21-16)14-7-3-9-22(14)18(24)15-8-4-10-25-15/h1-2,4-6,8,10,14H,3,7,9,11H2,(H,19,23)(H,20,21)/t14-/m0/s1. The van der Waals surface area contributed by atoms with E-state index in [-0.39, 0.29) is 11.8 Å². The van der Waals surface area contributed by atoms with E-state index >= 15 is 0 Å². The first-order chi connectivity index (χ1) is 12.2. The highest BCUT2D eigenvalue weighted by Crippen LogP contribution is 2.22. The van der Waals surface area contributed by atoms with Crippen molar-refractivity contribution in [1.82, 2.24) is 20.2 Å². The molecule has 1 fully saturated rings. The molecule has 4 rings (SSSR count). The summed E-state index contributed by atoms with van der Waals surface area (Å²) in [6.07, 6.45) is 1.54. The van der Waals surface area contributed by atoms with Crippen LogP contribution in [-0.2, 0) is 11.3 Å². The van der Waals surface area contributed by atoms with E-state index in [1.165, 1.54) is 11.3 Å². The average Bonchev–Trinajstić information content (AvgIpc) is 3.38. The first kappa shape index (κ1) is 15.8. The molecule has 7 heteroatoms. The molecule has 1 atom stereocenters. The number of carbonyl (C=O) groups excluding carboxylic acids is 2. The van der Waals surface area contributed by atoms with Gasteiger partial charge in [-0.2, -0.15) is 0 Å². The van der Waals surface area contributed by atoms with E-state index in [2.05, 4.69) is 15.3 Å². The molecule has 1 aliphatic heterocycles. The Morgan fingerprint density at radius 1 is 1.28 bits per heavy atom. The minimum Gasteiger partial charge on any atom is -0.347 e. The molecule has 25 heavy (non-hydrogen) atoms. The van der Waals surface area contributed by atoms with Crippen molar-refractivity contribution in [3.8, 4) is 0 Å². The van der Waals surface area contributed by atoms with Crippen LogP contribution in [-0.4, -0.2) is 39.3 Å². The summed E-state index contributed by atoms with van der Waals surface area (Å²) in [6, 6.07) is 11.0. The molecule has 3 heterocycles. The Labute approximate surface area is 148 Å². The summed E-state index contributed by atoms with van der Waals surface area (Å²) in [4.78, 5) is 35.1. The summed E-state index contributed by atoms with van der Waals surface area (Å²) < 4.78 is 0. The molecule has 2 amide bonds. The molecule has 0 bridgehead atoms. The van der Waals surface area contributed by atoms with Crippen LogP contribution in [0.2, 0.25) is 0 Å². The van der Waals surface area contributed by atoms with Gasteiger partial charge in [-0.05, 0) is 36.4 Å². The molecule has 0 unspecified atom stereocenters. The fourth-order valence-corrected chi connectivity index (χ4v) is 3.88. The second-order valence-corrected chi connectivity index (χ2v) is 7.00. The molecule has 2 N–H and O–H groups in total. The third-order valence-corrected chi connectivity index (χ3v) is 5.27. The van der Waals surface area contributed by atoms with E-state index in [0.29, 0.717) is 30.2 Å². The molecule has 1 saturated heterocycles. The number of H-pyrrole nitrogens is 1. The lowest BCUT2D eigenvalue weighted by Crippen LogP contribution is -2.45. The third-order valence-electron chi connectivity index (χ3n) is 4.42. The first-order valence-corrected chi connectivity index (χ1v) is 9.16. The SMILES string of the molecule is O=C(NCc1nc2ccccc2[nH]1)[C@@H]1CCCN1C(=O)c1cccs1. The zero-order chi connectivity index (χ0) is 17.2. The van der Waals surface area contributed by atoms with Gasteiger partial charge in [0.15, 0.2) is 0 Å². The van der Waals surface area contributed by atoms with Crippen molar-refractivity contribution in [1.29, 1.82) is 0 Å². The minimum atomic E-state index is -0.404. The quantitative estimate of drug-likeness (QED) is 0.756. The lowest BCUT2D eigenvalue weighted by molar-refractivity contribution is -0.125. The lowest BCUT2D eigenvalue weighted by Gasteiger charge is -2.23. The number of aromatic nitrogens is 2. The number of para-hydroxylation sites is 2. The molecule has 0 aliphatic carbocycles. The van der Waals surface area contributed by atoms with Gasteiger partial charge in [0.2, 0.25) is 5.91 Å². The molecule has 3 aromatic rings. The summed E-state index contributed by atoms with van der Waals surface area (Å²) in [5, 5.41) is 4.78. The highest BCUT2D eigenvalue weighted by Gasteiger charge is 2.34. The van der Waals surface area contributed by atoms with E-state index in [4.69, 9.17) is 0 Å². The van der Waals surface area contributed by atoms with Gasteiger partial charge in [-0.15, -0.1) is 11.3 Å². The molecular formula is C18H18N4O2S. The number of amides is 2. The monoisotopic (exact) mass is 354 g/mol. The summed E-state index contributed by atoms with van der Waals surface area (Å²) in [7, 11) is 0. The van der Waals surface area contributed by atoms with E-state index in [9.17, 15) is 9.59 Å². The molecule has 0 saturated carbocycles. The van der Waals surface area contributed by atoms with Crippen LogP contribution < -0.4 is 5.32 Å². The molecular weight excluding hydrogens is 336 g/mol. The van der Waals surface area contributed by atoms with Crippen molar-refractivity contribution in [3.05, 3.63) is 52.5 Å². The number of carbonyl (C=O) groups is 2. The number of nitrogens with one attached hydrogen (secondary N) is 2. The maximum Gasteiger partial charge on any atom is 0.264 e. The Kier molecular flexibility index (Phi) is 4.23. The fraction of sp³-hybridized carbons (Fsp3) is 0.278. The summed E-state index contributed by atoms with van der Waals surface area (Å²) >= 11 is 1.41. The van der Waals surface area contributed by atoms with Crippen LogP contribution in [0.5, 0.6) is 0 Å². The topological polar surface area (TPSA) is 78.1 Å². The van der Waals surface area contributed by atoms with Gasteiger partial charge >= 0.3 is 0 Å². The first-order valence-electron chi connectivity index (χ1n) is 8.28. The summed E-state index contributed by atoms with van der Waals surface area (Å²) in [6.45, 7) is 0.949.